The molecule has 28 heavy (non-hydrogen) atoms. The molecule has 3 amide bonds. The standard InChI is InChI=1S/C20H18N2O5S/c1-12-7-3-5-9-14(12)22-18(24)16(28-20(22)27)11-17(23)21(2)15-10-6-4-8-13(15)19(25)26/h3-10,16H,11H2,1-2H3,(H,25,26). The van der Waals surface area contributed by atoms with Gasteiger partial charge in [-0.05, 0) is 42.4 Å². The first kappa shape index (κ1) is 19.6. The van der Waals surface area contributed by atoms with Crippen LogP contribution in [0, 0.1) is 6.92 Å². The van der Waals surface area contributed by atoms with Gasteiger partial charge < -0.3 is 10.0 Å². The lowest BCUT2D eigenvalue weighted by atomic mass is 10.1. The fraction of sp³-hybridized carbons (Fsp3) is 0.200. The predicted octanol–water partition coefficient (Wildman–Crippen LogP) is 3.31. The summed E-state index contributed by atoms with van der Waals surface area (Å²) in [5.41, 5.74) is 1.51. The number of aryl methyl sites for hydroxylation is 1. The number of anilines is 2. The van der Waals surface area contributed by atoms with Crippen molar-refractivity contribution in [3.63, 3.8) is 0 Å². The van der Waals surface area contributed by atoms with Crippen molar-refractivity contribution in [3.8, 4) is 0 Å². The zero-order valence-electron chi connectivity index (χ0n) is 15.3. The van der Waals surface area contributed by atoms with E-state index >= 15 is 0 Å². The zero-order valence-corrected chi connectivity index (χ0v) is 16.1. The van der Waals surface area contributed by atoms with Gasteiger partial charge in [0.1, 0.15) is 5.25 Å². The zero-order chi connectivity index (χ0) is 20.4. The molecule has 2 aromatic carbocycles. The lowest BCUT2D eigenvalue weighted by molar-refractivity contribution is -0.122. The lowest BCUT2D eigenvalue weighted by Gasteiger charge is -2.20. The third kappa shape index (κ3) is 3.63. The number of nitrogens with zero attached hydrogens (tertiary/aromatic N) is 2. The highest BCUT2D eigenvalue weighted by atomic mass is 32.2. The van der Waals surface area contributed by atoms with Gasteiger partial charge in [0.25, 0.3) is 5.24 Å². The quantitative estimate of drug-likeness (QED) is 0.830. The van der Waals surface area contributed by atoms with Crippen molar-refractivity contribution in [1.29, 1.82) is 0 Å². The number of carboxylic acids is 1. The lowest BCUT2D eigenvalue weighted by Crippen LogP contribution is -2.35. The summed E-state index contributed by atoms with van der Waals surface area (Å²) in [6.07, 6.45) is -0.206. The topological polar surface area (TPSA) is 95.0 Å². The van der Waals surface area contributed by atoms with Crippen LogP contribution in [0.5, 0.6) is 0 Å². The maximum Gasteiger partial charge on any atom is 0.337 e. The first-order valence-corrected chi connectivity index (χ1v) is 9.38. The molecule has 1 atom stereocenters. The number of thioether (sulfide) groups is 1. The van der Waals surface area contributed by atoms with Crippen LogP contribution in [0.15, 0.2) is 48.5 Å². The molecular formula is C20H18N2O5S. The monoisotopic (exact) mass is 398 g/mol. The van der Waals surface area contributed by atoms with Crippen LogP contribution in [-0.2, 0) is 9.59 Å². The predicted molar refractivity (Wildman–Crippen MR) is 107 cm³/mol. The van der Waals surface area contributed by atoms with Crippen molar-refractivity contribution in [2.75, 3.05) is 16.8 Å². The number of benzene rings is 2. The minimum atomic E-state index is -1.15. The number of carboxylic acid groups (broad SMARTS) is 1. The molecule has 0 spiro atoms. The van der Waals surface area contributed by atoms with Crippen molar-refractivity contribution in [2.45, 2.75) is 18.6 Å². The van der Waals surface area contributed by atoms with Crippen LogP contribution in [0.25, 0.3) is 0 Å². The van der Waals surface area contributed by atoms with Crippen LogP contribution in [0.1, 0.15) is 22.3 Å². The second-order valence-corrected chi connectivity index (χ2v) is 7.47. The van der Waals surface area contributed by atoms with E-state index in [-0.39, 0.29) is 17.7 Å². The minimum absolute atomic E-state index is 0.0126. The van der Waals surface area contributed by atoms with Gasteiger partial charge in [-0.3, -0.25) is 14.4 Å². The molecule has 0 aromatic heterocycles. The number of carbonyl (C=O) groups is 4. The Morgan fingerprint density at radius 1 is 1.11 bits per heavy atom. The number of hydrogen-bond acceptors (Lipinski definition) is 5. The summed E-state index contributed by atoms with van der Waals surface area (Å²) in [6.45, 7) is 1.80. The molecular weight excluding hydrogens is 380 g/mol. The van der Waals surface area contributed by atoms with Crippen molar-refractivity contribution in [1.82, 2.24) is 0 Å². The molecule has 0 bridgehead atoms. The van der Waals surface area contributed by atoms with Crippen molar-refractivity contribution >= 4 is 46.2 Å². The van der Waals surface area contributed by atoms with Crippen LogP contribution >= 0.6 is 11.8 Å². The van der Waals surface area contributed by atoms with Gasteiger partial charge >= 0.3 is 5.97 Å². The molecule has 1 aliphatic rings. The number of aromatic carboxylic acids is 1. The second kappa shape index (κ2) is 7.85. The summed E-state index contributed by atoms with van der Waals surface area (Å²) in [4.78, 5) is 51.5. The molecule has 144 valence electrons. The van der Waals surface area contributed by atoms with Gasteiger partial charge in [0.05, 0.1) is 16.9 Å². The minimum Gasteiger partial charge on any atom is -0.478 e. The number of hydrogen-bond donors (Lipinski definition) is 1. The summed E-state index contributed by atoms with van der Waals surface area (Å²) >= 11 is 0.810. The highest BCUT2D eigenvalue weighted by molar-refractivity contribution is 8.15. The van der Waals surface area contributed by atoms with E-state index in [1.54, 1.807) is 37.3 Å². The van der Waals surface area contributed by atoms with Gasteiger partial charge in [-0.1, -0.05) is 30.3 Å². The molecule has 2 aromatic rings. The van der Waals surface area contributed by atoms with E-state index in [4.69, 9.17) is 0 Å². The molecule has 1 N–H and O–H groups in total. The first-order valence-electron chi connectivity index (χ1n) is 8.50. The Kier molecular flexibility index (Phi) is 5.51. The van der Waals surface area contributed by atoms with E-state index in [0.29, 0.717) is 5.69 Å². The fourth-order valence-corrected chi connectivity index (χ4v) is 3.97. The van der Waals surface area contributed by atoms with Crippen LogP contribution in [0.4, 0.5) is 16.2 Å². The normalized spacial score (nSPS) is 16.4. The van der Waals surface area contributed by atoms with E-state index in [0.717, 1.165) is 22.2 Å². The van der Waals surface area contributed by atoms with Gasteiger partial charge in [-0.15, -0.1) is 0 Å². The van der Waals surface area contributed by atoms with Crippen molar-refractivity contribution in [2.24, 2.45) is 0 Å². The molecule has 1 unspecified atom stereocenters. The van der Waals surface area contributed by atoms with E-state index in [1.165, 1.54) is 24.1 Å². The summed E-state index contributed by atoms with van der Waals surface area (Å²) in [5.74, 6) is -2.04. The van der Waals surface area contributed by atoms with E-state index < -0.39 is 28.3 Å². The number of para-hydroxylation sites is 2. The van der Waals surface area contributed by atoms with Crippen molar-refractivity contribution < 1.29 is 24.3 Å². The molecule has 1 saturated heterocycles. The van der Waals surface area contributed by atoms with Gasteiger partial charge in [0, 0.05) is 13.5 Å². The average Bonchev–Trinajstić information content (AvgIpc) is 2.94. The van der Waals surface area contributed by atoms with Gasteiger partial charge in [-0.2, -0.15) is 0 Å². The van der Waals surface area contributed by atoms with Gasteiger partial charge in [-0.25, -0.2) is 9.69 Å². The van der Waals surface area contributed by atoms with E-state index in [1.807, 2.05) is 6.07 Å². The Morgan fingerprint density at radius 3 is 2.43 bits per heavy atom. The summed E-state index contributed by atoms with van der Waals surface area (Å²) < 4.78 is 0. The molecule has 0 aliphatic carbocycles. The molecule has 0 saturated carbocycles. The second-order valence-electron chi connectivity index (χ2n) is 6.31. The van der Waals surface area contributed by atoms with E-state index in [9.17, 15) is 24.3 Å². The maximum absolute atomic E-state index is 12.8. The molecule has 0 radical (unpaired) electrons. The summed E-state index contributed by atoms with van der Waals surface area (Å²) in [5, 5.41) is 8.02. The van der Waals surface area contributed by atoms with Crippen molar-refractivity contribution in [3.05, 3.63) is 59.7 Å². The Morgan fingerprint density at radius 2 is 1.75 bits per heavy atom. The molecule has 3 rings (SSSR count). The van der Waals surface area contributed by atoms with Crippen LogP contribution in [-0.4, -0.2) is 40.4 Å². The SMILES string of the molecule is Cc1ccccc1N1C(=O)SC(CC(=O)N(C)c2ccccc2C(=O)O)C1=O. The Hall–Kier alpha value is -3.13. The average molecular weight is 398 g/mol. The number of amides is 3. The van der Waals surface area contributed by atoms with Crippen LogP contribution < -0.4 is 9.80 Å². The third-order valence-electron chi connectivity index (χ3n) is 4.51. The highest BCUT2D eigenvalue weighted by Crippen LogP contribution is 2.35. The third-order valence-corrected chi connectivity index (χ3v) is 5.54. The maximum atomic E-state index is 12.8. The highest BCUT2D eigenvalue weighted by Gasteiger charge is 2.42. The Balaban J connectivity index is 1.78. The molecule has 1 aliphatic heterocycles. The molecule has 1 fully saturated rings. The smallest absolute Gasteiger partial charge is 0.337 e. The number of imide groups is 1. The number of rotatable bonds is 5. The Bertz CT molecular complexity index is 975. The van der Waals surface area contributed by atoms with Crippen LogP contribution in [0.2, 0.25) is 0 Å². The summed E-state index contributed by atoms with van der Waals surface area (Å²) in [6, 6.07) is 13.2. The summed E-state index contributed by atoms with van der Waals surface area (Å²) in [7, 11) is 1.45. The van der Waals surface area contributed by atoms with Gasteiger partial charge in [0.2, 0.25) is 11.8 Å². The Labute approximate surface area is 165 Å². The number of carbonyl (C=O) groups excluding carboxylic acids is 3. The van der Waals surface area contributed by atoms with Gasteiger partial charge in [0.15, 0.2) is 0 Å². The fourth-order valence-electron chi connectivity index (χ4n) is 3.00. The largest absolute Gasteiger partial charge is 0.478 e. The first-order chi connectivity index (χ1) is 13.3. The molecule has 7 nitrogen and oxygen atoms in total. The van der Waals surface area contributed by atoms with Crippen LogP contribution in [0.3, 0.4) is 0 Å². The molecule has 8 heteroatoms. The molecule has 1 heterocycles. The van der Waals surface area contributed by atoms with E-state index in [2.05, 4.69) is 0 Å².